The second-order valence-electron chi connectivity index (χ2n) is 6.94. The molecule has 1 N–H and O–H groups in total. The van der Waals surface area contributed by atoms with E-state index in [4.69, 9.17) is 4.99 Å². The van der Waals surface area contributed by atoms with Crippen molar-refractivity contribution in [3.8, 4) is 0 Å². The molecule has 0 unspecified atom stereocenters. The summed E-state index contributed by atoms with van der Waals surface area (Å²) in [6, 6.07) is 17.3. The van der Waals surface area contributed by atoms with Gasteiger partial charge in [-0.25, -0.2) is 0 Å². The molecule has 2 aliphatic rings. The number of nitrogens with zero attached hydrogens (tertiary/aromatic N) is 1. The predicted octanol–water partition coefficient (Wildman–Crippen LogP) is 5.08. The number of fused-ring (bicyclic) bond motifs is 1. The van der Waals surface area contributed by atoms with Gasteiger partial charge < -0.3 is 5.32 Å². The number of thioether (sulfide) groups is 1. The number of amidine groups is 1. The standard InChI is InChI=1S/C21H24N2S/c1-16-6-2-3-8-18(16)15-22-20-21(10-12-24-13-11-21)14-17-7-4-5-9-19(17)23-20/h2-9H,10-15H2,1H3,(H,22,23). The Morgan fingerprint density at radius 3 is 2.62 bits per heavy atom. The SMILES string of the molecule is Cc1ccccc1CN=C1Nc2ccccc2CC12CCSCC2. The van der Waals surface area contributed by atoms with Crippen LogP contribution in [0.4, 0.5) is 5.69 Å². The van der Waals surface area contributed by atoms with Crippen LogP contribution in [-0.2, 0) is 13.0 Å². The van der Waals surface area contributed by atoms with Gasteiger partial charge in [-0.1, -0.05) is 42.5 Å². The first-order valence-corrected chi connectivity index (χ1v) is 9.94. The Labute approximate surface area is 148 Å². The van der Waals surface area contributed by atoms with Crippen LogP contribution in [0, 0.1) is 12.3 Å². The number of hydrogen-bond acceptors (Lipinski definition) is 2. The van der Waals surface area contributed by atoms with Gasteiger partial charge in [-0.05, 0) is 60.4 Å². The van der Waals surface area contributed by atoms with E-state index in [1.807, 2.05) is 0 Å². The Bertz CT molecular complexity index is 760. The van der Waals surface area contributed by atoms with Crippen LogP contribution in [0.3, 0.4) is 0 Å². The molecule has 2 aromatic rings. The molecule has 0 bridgehead atoms. The second-order valence-corrected chi connectivity index (χ2v) is 8.17. The summed E-state index contributed by atoms with van der Waals surface area (Å²) in [7, 11) is 0. The Kier molecular flexibility index (Phi) is 4.36. The van der Waals surface area contributed by atoms with Crippen LogP contribution >= 0.6 is 11.8 Å². The van der Waals surface area contributed by atoms with Gasteiger partial charge in [0, 0.05) is 11.1 Å². The Morgan fingerprint density at radius 2 is 1.79 bits per heavy atom. The van der Waals surface area contributed by atoms with Gasteiger partial charge in [-0.2, -0.15) is 11.8 Å². The van der Waals surface area contributed by atoms with Crippen molar-refractivity contribution in [1.82, 2.24) is 0 Å². The third kappa shape index (κ3) is 2.98. The van der Waals surface area contributed by atoms with E-state index < -0.39 is 0 Å². The largest absolute Gasteiger partial charge is 0.343 e. The predicted molar refractivity (Wildman–Crippen MR) is 105 cm³/mol. The number of aliphatic imine (C=N–C) groups is 1. The molecule has 2 heterocycles. The molecule has 0 aromatic heterocycles. The number of hydrogen-bond donors (Lipinski definition) is 1. The summed E-state index contributed by atoms with van der Waals surface area (Å²) in [5, 5.41) is 3.69. The smallest absolute Gasteiger partial charge is 0.108 e. The summed E-state index contributed by atoms with van der Waals surface area (Å²) >= 11 is 2.08. The highest BCUT2D eigenvalue weighted by molar-refractivity contribution is 7.99. The van der Waals surface area contributed by atoms with Gasteiger partial charge in [0.1, 0.15) is 5.84 Å². The topological polar surface area (TPSA) is 24.4 Å². The van der Waals surface area contributed by atoms with Crippen molar-refractivity contribution in [3.63, 3.8) is 0 Å². The Morgan fingerprint density at radius 1 is 1.04 bits per heavy atom. The van der Waals surface area contributed by atoms with Crippen LogP contribution in [0.2, 0.25) is 0 Å². The molecule has 1 fully saturated rings. The van der Waals surface area contributed by atoms with Crippen molar-refractivity contribution in [2.75, 3.05) is 16.8 Å². The number of benzene rings is 2. The van der Waals surface area contributed by atoms with Gasteiger partial charge >= 0.3 is 0 Å². The second kappa shape index (κ2) is 6.64. The molecule has 0 amide bonds. The van der Waals surface area contributed by atoms with E-state index in [1.165, 1.54) is 52.6 Å². The zero-order valence-corrected chi connectivity index (χ0v) is 15.0. The Balaban J connectivity index is 1.68. The molecule has 3 heteroatoms. The summed E-state index contributed by atoms with van der Waals surface area (Å²) in [5.41, 5.74) is 5.55. The number of anilines is 1. The van der Waals surface area contributed by atoms with Gasteiger partial charge in [-0.3, -0.25) is 4.99 Å². The molecule has 124 valence electrons. The summed E-state index contributed by atoms with van der Waals surface area (Å²) in [5.74, 6) is 3.70. The molecule has 0 radical (unpaired) electrons. The number of rotatable bonds is 2. The van der Waals surface area contributed by atoms with Crippen molar-refractivity contribution in [1.29, 1.82) is 0 Å². The van der Waals surface area contributed by atoms with E-state index >= 15 is 0 Å². The highest BCUT2D eigenvalue weighted by atomic mass is 32.2. The van der Waals surface area contributed by atoms with Gasteiger partial charge in [0.05, 0.1) is 6.54 Å². The van der Waals surface area contributed by atoms with E-state index in [0.717, 1.165) is 13.0 Å². The molecule has 2 aliphatic heterocycles. The van der Waals surface area contributed by atoms with Gasteiger partial charge in [-0.15, -0.1) is 0 Å². The van der Waals surface area contributed by atoms with Crippen LogP contribution in [0.1, 0.15) is 29.5 Å². The quantitative estimate of drug-likeness (QED) is 0.827. The molecule has 2 nitrogen and oxygen atoms in total. The summed E-state index contributed by atoms with van der Waals surface area (Å²) < 4.78 is 0. The minimum Gasteiger partial charge on any atom is -0.343 e. The maximum Gasteiger partial charge on any atom is 0.108 e. The lowest BCUT2D eigenvalue weighted by Gasteiger charge is -2.42. The van der Waals surface area contributed by atoms with Crippen molar-refractivity contribution in [2.45, 2.75) is 32.7 Å². The van der Waals surface area contributed by atoms with E-state index in [0.29, 0.717) is 0 Å². The third-order valence-corrected chi connectivity index (χ3v) is 6.41. The zero-order valence-electron chi connectivity index (χ0n) is 14.2. The van der Waals surface area contributed by atoms with Crippen LogP contribution in [0.15, 0.2) is 53.5 Å². The average Bonchev–Trinajstić information content (AvgIpc) is 2.62. The van der Waals surface area contributed by atoms with E-state index in [9.17, 15) is 0 Å². The minimum absolute atomic E-state index is 0.211. The van der Waals surface area contributed by atoms with Gasteiger partial charge in [0.2, 0.25) is 0 Å². The maximum absolute atomic E-state index is 5.09. The minimum atomic E-state index is 0.211. The molecule has 0 atom stereocenters. The first-order chi connectivity index (χ1) is 11.8. The van der Waals surface area contributed by atoms with E-state index in [-0.39, 0.29) is 5.41 Å². The van der Waals surface area contributed by atoms with Crippen molar-refractivity contribution in [3.05, 3.63) is 65.2 Å². The molecule has 4 rings (SSSR count). The summed E-state index contributed by atoms with van der Waals surface area (Å²) in [6.45, 7) is 2.94. The fourth-order valence-corrected chi connectivity index (χ4v) is 5.11. The van der Waals surface area contributed by atoms with Crippen molar-refractivity contribution in [2.24, 2.45) is 10.4 Å². The average molecular weight is 337 g/mol. The van der Waals surface area contributed by atoms with Crippen LogP contribution < -0.4 is 5.32 Å². The molecule has 1 saturated heterocycles. The van der Waals surface area contributed by atoms with E-state index in [1.54, 1.807) is 0 Å². The fourth-order valence-electron chi connectivity index (χ4n) is 3.84. The lowest BCUT2D eigenvalue weighted by molar-refractivity contribution is 0.377. The lowest BCUT2D eigenvalue weighted by atomic mass is 9.73. The molecule has 24 heavy (non-hydrogen) atoms. The molecular weight excluding hydrogens is 312 g/mol. The summed E-state index contributed by atoms with van der Waals surface area (Å²) in [4.78, 5) is 5.09. The zero-order chi connectivity index (χ0) is 16.4. The van der Waals surface area contributed by atoms with Gasteiger partial charge in [0.25, 0.3) is 0 Å². The number of aryl methyl sites for hydroxylation is 1. The molecular formula is C21H24N2S. The summed E-state index contributed by atoms with van der Waals surface area (Å²) in [6.07, 6.45) is 3.58. The molecule has 1 spiro atoms. The van der Waals surface area contributed by atoms with Gasteiger partial charge in [0.15, 0.2) is 0 Å². The highest BCUT2D eigenvalue weighted by Gasteiger charge is 2.41. The monoisotopic (exact) mass is 336 g/mol. The number of para-hydroxylation sites is 1. The van der Waals surface area contributed by atoms with E-state index in [2.05, 4.69) is 72.5 Å². The van der Waals surface area contributed by atoms with Crippen molar-refractivity contribution >= 4 is 23.3 Å². The normalized spacial score (nSPS) is 20.6. The molecule has 0 aliphatic carbocycles. The first kappa shape index (κ1) is 15.8. The third-order valence-electron chi connectivity index (χ3n) is 5.42. The Hall–Kier alpha value is -1.74. The first-order valence-electron chi connectivity index (χ1n) is 8.79. The van der Waals surface area contributed by atoms with Crippen molar-refractivity contribution < 1.29 is 0 Å². The number of nitrogens with one attached hydrogen (secondary N) is 1. The maximum atomic E-state index is 5.09. The highest BCUT2D eigenvalue weighted by Crippen LogP contribution is 2.44. The van der Waals surface area contributed by atoms with Crippen LogP contribution in [0.25, 0.3) is 0 Å². The van der Waals surface area contributed by atoms with Crippen LogP contribution in [-0.4, -0.2) is 17.3 Å². The van der Waals surface area contributed by atoms with Crippen LogP contribution in [0.5, 0.6) is 0 Å². The lowest BCUT2D eigenvalue weighted by Crippen LogP contribution is -2.44. The molecule has 0 saturated carbocycles. The molecule has 2 aromatic carbocycles. The fraction of sp³-hybridized carbons (Fsp3) is 0.381.